The lowest BCUT2D eigenvalue weighted by Crippen LogP contribution is -2.39. The summed E-state index contributed by atoms with van der Waals surface area (Å²) >= 11 is 0. The number of ether oxygens (including phenoxy) is 1. The smallest absolute Gasteiger partial charge is 0.405 e. The van der Waals surface area contributed by atoms with Gasteiger partial charge in [0.2, 0.25) is 5.91 Å². The Balaban J connectivity index is 0.00000450. The highest BCUT2D eigenvalue weighted by Gasteiger charge is 2.42. The van der Waals surface area contributed by atoms with Crippen molar-refractivity contribution < 1.29 is 22.7 Å². The number of nitrogens with one attached hydrogen (secondary N) is 2. The molecule has 2 atom stereocenters. The van der Waals surface area contributed by atoms with Gasteiger partial charge in [0.1, 0.15) is 5.75 Å². The molecule has 0 saturated heterocycles. The third kappa shape index (κ3) is 8.19. The monoisotopic (exact) mass is 542 g/mol. The van der Waals surface area contributed by atoms with Gasteiger partial charge in [0.15, 0.2) is 5.96 Å². The quantitative estimate of drug-likeness (QED) is 0.283. The molecule has 0 radical (unpaired) electrons. The number of carbonyl (C=O) groups excluding carboxylic acids is 1. The first-order chi connectivity index (χ1) is 13.8. The molecule has 1 aliphatic carbocycles. The van der Waals surface area contributed by atoms with Crippen LogP contribution in [-0.2, 0) is 4.79 Å². The third-order valence-corrected chi connectivity index (χ3v) is 4.71. The average Bonchev–Trinajstić information content (AvgIpc) is 3.41. The van der Waals surface area contributed by atoms with E-state index in [2.05, 4.69) is 20.4 Å². The molecule has 1 saturated carbocycles. The van der Waals surface area contributed by atoms with Crippen molar-refractivity contribution in [2.75, 3.05) is 26.2 Å². The first-order valence-electron chi connectivity index (χ1n) is 9.96. The first-order valence-corrected chi connectivity index (χ1v) is 9.96. The Morgan fingerprint density at radius 3 is 2.50 bits per heavy atom. The van der Waals surface area contributed by atoms with Crippen molar-refractivity contribution in [1.82, 2.24) is 15.5 Å². The van der Waals surface area contributed by atoms with E-state index >= 15 is 0 Å². The second-order valence-corrected chi connectivity index (χ2v) is 6.76. The Bertz CT molecular complexity index is 712. The molecule has 1 aromatic carbocycles. The number of benzene rings is 1. The lowest BCUT2D eigenvalue weighted by molar-refractivity contribution is -0.274. The SMILES string of the molecule is CCNC(=NCCC(=O)N(CC)CC)NC1CC1c1ccccc1OC(F)(F)F.I. The van der Waals surface area contributed by atoms with Gasteiger partial charge in [0.25, 0.3) is 0 Å². The molecule has 2 rings (SSSR count). The highest BCUT2D eigenvalue weighted by Crippen LogP contribution is 2.45. The molecule has 1 fully saturated rings. The van der Waals surface area contributed by atoms with E-state index in [0.29, 0.717) is 50.5 Å². The molecule has 1 aromatic rings. The number of aliphatic imine (C=N–C) groups is 1. The molecule has 10 heteroatoms. The summed E-state index contributed by atoms with van der Waals surface area (Å²) in [6.45, 7) is 8.11. The summed E-state index contributed by atoms with van der Waals surface area (Å²) in [5.74, 6) is 0.356. The second kappa shape index (κ2) is 12.2. The van der Waals surface area contributed by atoms with Gasteiger partial charge >= 0.3 is 6.36 Å². The van der Waals surface area contributed by atoms with Crippen LogP contribution < -0.4 is 15.4 Å². The molecule has 1 aliphatic rings. The maximum Gasteiger partial charge on any atom is 0.573 e. The van der Waals surface area contributed by atoms with Gasteiger partial charge in [-0.2, -0.15) is 0 Å². The van der Waals surface area contributed by atoms with Crippen molar-refractivity contribution in [2.45, 2.75) is 51.9 Å². The van der Waals surface area contributed by atoms with Crippen LogP contribution in [0.25, 0.3) is 0 Å². The lowest BCUT2D eigenvalue weighted by Gasteiger charge is -2.18. The van der Waals surface area contributed by atoms with E-state index in [1.165, 1.54) is 12.1 Å². The molecule has 0 aliphatic heterocycles. The van der Waals surface area contributed by atoms with Crippen LogP contribution in [0.15, 0.2) is 29.3 Å². The number of guanidine groups is 1. The molecule has 6 nitrogen and oxygen atoms in total. The summed E-state index contributed by atoms with van der Waals surface area (Å²) in [5.41, 5.74) is 0.523. The van der Waals surface area contributed by atoms with E-state index in [1.807, 2.05) is 20.8 Å². The maximum atomic E-state index is 12.6. The molecular formula is C20H30F3IN4O2. The minimum absolute atomic E-state index is 0. The topological polar surface area (TPSA) is 66.0 Å². The number of rotatable bonds is 9. The Morgan fingerprint density at radius 2 is 1.90 bits per heavy atom. The largest absolute Gasteiger partial charge is 0.573 e. The summed E-state index contributed by atoms with van der Waals surface area (Å²) in [7, 11) is 0. The normalized spacial score (nSPS) is 18.3. The number of alkyl halides is 3. The maximum absolute atomic E-state index is 12.6. The summed E-state index contributed by atoms with van der Waals surface area (Å²) < 4.78 is 42.0. The van der Waals surface area contributed by atoms with Crippen LogP contribution in [0, 0.1) is 0 Å². The van der Waals surface area contributed by atoms with Crippen molar-refractivity contribution >= 4 is 35.8 Å². The van der Waals surface area contributed by atoms with Crippen LogP contribution >= 0.6 is 24.0 Å². The zero-order chi connectivity index (χ0) is 21.4. The molecule has 2 unspecified atom stereocenters. The van der Waals surface area contributed by atoms with Crippen LogP contribution in [-0.4, -0.2) is 55.3 Å². The van der Waals surface area contributed by atoms with Gasteiger partial charge in [0.05, 0.1) is 6.54 Å². The number of amides is 1. The van der Waals surface area contributed by atoms with Gasteiger partial charge in [-0.05, 0) is 38.8 Å². The molecule has 30 heavy (non-hydrogen) atoms. The Hall–Kier alpha value is -1.72. The highest BCUT2D eigenvalue weighted by atomic mass is 127. The van der Waals surface area contributed by atoms with Crippen molar-refractivity contribution in [3.63, 3.8) is 0 Å². The fraction of sp³-hybridized carbons (Fsp3) is 0.600. The van der Waals surface area contributed by atoms with Crippen LogP contribution in [0.4, 0.5) is 13.2 Å². The Morgan fingerprint density at radius 1 is 1.23 bits per heavy atom. The number of halogens is 4. The molecular weight excluding hydrogens is 512 g/mol. The molecule has 0 spiro atoms. The van der Waals surface area contributed by atoms with Gasteiger partial charge in [-0.3, -0.25) is 9.79 Å². The number of carbonyl (C=O) groups is 1. The average molecular weight is 542 g/mol. The number of para-hydroxylation sites is 1. The van der Waals surface area contributed by atoms with Gasteiger partial charge in [-0.15, -0.1) is 37.1 Å². The fourth-order valence-electron chi connectivity index (χ4n) is 3.20. The second-order valence-electron chi connectivity index (χ2n) is 6.76. The van der Waals surface area contributed by atoms with Crippen molar-refractivity contribution in [3.05, 3.63) is 29.8 Å². The fourth-order valence-corrected chi connectivity index (χ4v) is 3.20. The summed E-state index contributed by atoms with van der Waals surface area (Å²) in [5, 5.41) is 6.35. The first kappa shape index (κ1) is 26.3. The zero-order valence-corrected chi connectivity index (χ0v) is 19.8. The van der Waals surface area contributed by atoms with Crippen molar-refractivity contribution in [1.29, 1.82) is 0 Å². The number of nitrogens with zero attached hydrogens (tertiary/aromatic N) is 2. The van der Waals surface area contributed by atoms with Crippen LogP contribution in [0.2, 0.25) is 0 Å². The Labute approximate surface area is 192 Å². The van der Waals surface area contributed by atoms with E-state index in [-0.39, 0.29) is 47.6 Å². The van der Waals surface area contributed by atoms with Gasteiger partial charge in [-0.1, -0.05) is 18.2 Å². The Kier molecular flexibility index (Phi) is 10.7. The number of hydrogen-bond acceptors (Lipinski definition) is 3. The third-order valence-electron chi connectivity index (χ3n) is 4.71. The van der Waals surface area contributed by atoms with E-state index in [9.17, 15) is 18.0 Å². The van der Waals surface area contributed by atoms with E-state index in [0.717, 1.165) is 0 Å². The van der Waals surface area contributed by atoms with Crippen molar-refractivity contribution in [2.24, 2.45) is 4.99 Å². The highest BCUT2D eigenvalue weighted by molar-refractivity contribution is 14.0. The van der Waals surface area contributed by atoms with Crippen LogP contribution in [0.1, 0.15) is 45.1 Å². The van der Waals surface area contributed by atoms with Gasteiger partial charge in [0, 0.05) is 38.0 Å². The molecule has 1 amide bonds. The summed E-state index contributed by atoms with van der Waals surface area (Å²) in [6, 6.07) is 6.17. The standard InChI is InChI=1S/C20H29F3N4O2.HI/c1-4-24-19(25-12-11-18(28)27(5-2)6-3)26-16-13-15(16)14-9-7-8-10-17(14)29-20(21,22)23;/h7-10,15-16H,4-6,11-13H2,1-3H3,(H2,24,25,26);1H. The minimum Gasteiger partial charge on any atom is -0.405 e. The summed E-state index contributed by atoms with van der Waals surface area (Å²) in [6.07, 6.45) is -3.72. The predicted molar refractivity (Wildman–Crippen MR) is 121 cm³/mol. The van der Waals surface area contributed by atoms with Crippen LogP contribution in [0.5, 0.6) is 5.75 Å². The predicted octanol–water partition coefficient (Wildman–Crippen LogP) is 3.87. The van der Waals surface area contributed by atoms with Crippen LogP contribution in [0.3, 0.4) is 0 Å². The van der Waals surface area contributed by atoms with Gasteiger partial charge in [-0.25, -0.2) is 0 Å². The molecule has 170 valence electrons. The molecule has 0 bridgehead atoms. The van der Waals surface area contributed by atoms with E-state index in [1.54, 1.807) is 17.0 Å². The van der Waals surface area contributed by atoms with Gasteiger partial charge < -0.3 is 20.3 Å². The minimum atomic E-state index is -4.72. The van der Waals surface area contributed by atoms with Crippen molar-refractivity contribution in [3.8, 4) is 5.75 Å². The summed E-state index contributed by atoms with van der Waals surface area (Å²) in [4.78, 5) is 18.3. The zero-order valence-electron chi connectivity index (χ0n) is 17.5. The molecule has 0 aromatic heterocycles. The van der Waals surface area contributed by atoms with E-state index in [4.69, 9.17) is 0 Å². The lowest BCUT2D eigenvalue weighted by atomic mass is 10.1. The van der Waals surface area contributed by atoms with E-state index < -0.39 is 6.36 Å². The molecule has 0 heterocycles. The number of hydrogen-bond donors (Lipinski definition) is 2. The molecule has 2 N–H and O–H groups in total.